The van der Waals surface area contributed by atoms with Gasteiger partial charge in [0.2, 0.25) is 0 Å². The second-order valence-corrected chi connectivity index (χ2v) is 12.4. The number of ether oxygens (including phenoxy) is 2. The molecule has 46 heavy (non-hydrogen) atoms. The van der Waals surface area contributed by atoms with Gasteiger partial charge in [0.1, 0.15) is 28.9 Å². The van der Waals surface area contributed by atoms with E-state index < -0.39 is 29.1 Å². The van der Waals surface area contributed by atoms with Gasteiger partial charge in [0.25, 0.3) is 0 Å². The number of hydrogen-bond acceptors (Lipinski definition) is 13. The normalized spacial score (nSPS) is 14.0. The van der Waals surface area contributed by atoms with Crippen LogP contribution in [0.4, 0.5) is 28.7 Å². The molecule has 0 saturated heterocycles. The molecule has 0 bridgehead atoms. The summed E-state index contributed by atoms with van der Waals surface area (Å²) in [7, 11) is 1.41. The molecule has 14 heteroatoms. The molecule has 1 aromatic heterocycles. The van der Waals surface area contributed by atoms with Crippen LogP contribution in [0.3, 0.4) is 0 Å². The van der Waals surface area contributed by atoms with E-state index in [4.69, 9.17) is 9.47 Å². The summed E-state index contributed by atoms with van der Waals surface area (Å²) < 4.78 is 24.6. The minimum atomic E-state index is -1.51. The lowest BCUT2D eigenvalue weighted by molar-refractivity contribution is 0.0874. The third kappa shape index (κ3) is 10.2. The number of anilines is 3. The fraction of sp³-hybridized carbons (Fsp3) is 0.438. The number of nitrogens with zero attached hydrogens (tertiary/aromatic N) is 5. The average Bonchev–Trinajstić information content (AvgIpc) is 3.01. The summed E-state index contributed by atoms with van der Waals surface area (Å²) in [4.78, 5) is 6.88. The highest BCUT2D eigenvalue weighted by Gasteiger charge is 2.21. The molecule has 4 atom stereocenters. The first-order valence-electron chi connectivity index (χ1n) is 14.8. The molecule has 0 saturated carbocycles. The van der Waals surface area contributed by atoms with E-state index in [1.807, 2.05) is 35.2 Å². The summed E-state index contributed by atoms with van der Waals surface area (Å²) >= 11 is 0. The Hall–Kier alpha value is -4.13. The van der Waals surface area contributed by atoms with Crippen LogP contribution in [0.15, 0.2) is 57.6 Å². The van der Waals surface area contributed by atoms with E-state index in [2.05, 4.69) is 31.9 Å². The number of rotatable bonds is 17. The number of hydrogen-bond donors (Lipinski definition) is 5. The highest BCUT2D eigenvalue weighted by atomic mass is 32.2. The lowest BCUT2D eigenvalue weighted by Crippen LogP contribution is -2.38. The Balaban J connectivity index is 1.99. The molecule has 1 heterocycles. The molecule has 4 unspecified atom stereocenters. The maximum atomic E-state index is 13.4. The number of para-hydroxylation sites is 1. The lowest BCUT2D eigenvalue weighted by Gasteiger charge is -2.24. The molecule has 3 rings (SSSR count). The van der Waals surface area contributed by atoms with Crippen LogP contribution in [-0.4, -0.2) is 93.9 Å². The molecule has 2 aromatic carbocycles. The van der Waals surface area contributed by atoms with Crippen molar-refractivity contribution in [2.24, 2.45) is 10.2 Å². The summed E-state index contributed by atoms with van der Waals surface area (Å²) in [5.41, 5.74) is 2.11. The first-order chi connectivity index (χ1) is 22.0. The van der Waals surface area contributed by atoms with E-state index >= 15 is 0 Å². The summed E-state index contributed by atoms with van der Waals surface area (Å²) in [5, 5.41) is 54.8. The van der Waals surface area contributed by atoms with E-state index in [0.717, 1.165) is 5.69 Å². The first kappa shape index (κ1) is 36.3. The van der Waals surface area contributed by atoms with Gasteiger partial charge in [0.05, 0.1) is 53.8 Å². The number of aliphatic hydroxyl groups excluding tert-OH is 3. The van der Waals surface area contributed by atoms with E-state index in [9.17, 15) is 24.8 Å². The maximum absolute atomic E-state index is 13.4. The molecular weight excluding hydrogens is 610 g/mol. The van der Waals surface area contributed by atoms with Crippen LogP contribution in [-0.2, 0) is 10.8 Å². The minimum Gasteiger partial charge on any atom is -0.495 e. The Morgan fingerprint density at radius 1 is 0.978 bits per heavy atom. The van der Waals surface area contributed by atoms with Gasteiger partial charge in [-0.3, -0.25) is 9.11 Å². The highest BCUT2D eigenvalue weighted by molar-refractivity contribution is 7.85. The van der Waals surface area contributed by atoms with Crippen LogP contribution >= 0.6 is 0 Å². The molecule has 0 aliphatic rings. The monoisotopic (exact) mass is 653 g/mol. The highest BCUT2D eigenvalue weighted by Crippen LogP contribution is 2.40. The average molecular weight is 654 g/mol. The summed E-state index contributed by atoms with van der Waals surface area (Å²) in [6.07, 6.45) is -1.89. The zero-order valence-electron chi connectivity index (χ0n) is 27.0. The first-order valence-corrected chi connectivity index (χ1v) is 16.1. The number of pyridine rings is 1. The second-order valence-electron chi connectivity index (χ2n) is 10.9. The fourth-order valence-corrected chi connectivity index (χ4v) is 5.86. The molecule has 0 aliphatic heterocycles. The SMILES string of the molecule is COc1cc(S(=O)CCN(CC(C)O)CC(C)O)c(OC)cc1N=Nc1c(NCC(C)O)nc(Nc2ccccc2)c(C#N)c1C. The third-order valence-corrected chi connectivity index (χ3v) is 8.10. The van der Waals surface area contributed by atoms with Gasteiger partial charge in [-0.25, -0.2) is 4.98 Å². The summed E-state index contributed by atoms with van der Waals surface area (Å²) in [5.74, 6) is 1.47. The van der Waals surface area contributed by atoms with Crippen molar-refractivity contribution in [1.82, 2.24) is 9.88 Å². The van der Waals surface area contributed by atoms with Gasteiger partial charge in [-0.05, 0) is 39.8 Å². The lowest BCUT2D eigenvalue weighted by atomic mass is 10.1. The number of azo groups is 1. The predicted molar refractivity (Wildman–Crippen MR) is 178 cm³/mol. The largest absolute Gasteiger partial charge is 0.495 e. The molecule has 13 nitrogen and oxygen atoms in total. The van der Waals surface area contributed by atoms with Crippen molar-refractivity contribution in [3.8, 4) is 17.6 Å². The zero-order valence-corrected chi connectivity index (χ0v) is 27.8. The van der Waals surface area contributed by atoms with Crippen LogP contribution in [0.5, 0.6) is 11.5 Å². The Labute approximate surface area is 272 Å². The van der Waals surface area contributed by atoms with Gasteiger partial charge in [-0.2, -0.15) is 5.26 Å². The van der Waals surface area contributed by atoms with Crippen molar-refractivity contribution in [2.75, 3.05) is 56.8 Å². The van der Waals surface area contributed by atoms with Gasteiger partial charge in [0.15, 0.2) is 11.6 Å². The van der Waals surface area contributed by atoms with Crippen molar-refractivity contribution < 1.29 is 29.0 Å². The second kappa shape index (κ2) is 17.5. The molecular formula is C32H43N7O6S. The molecule has 0 fully saturated rings. The van der Waals surface area contributed by atoms with Crippen molar-refractivity contribution in [3.05, 3.63) is 53.6 Å². The van der Waals surface area contributed by atoms with Gasteiger partial charge >= 0.3 is 0 Å². The number of nitriles is 1. The molecule has 3 aromatic rings. The van der Waals surface area contributed by atoms with Crippen molar-refractivity contribution in [1.29, 1.82) is 5.26 Å². The number of benzene rings is 2. The minimum absolute atomic E-state index is 0.176. The van der Waals surface area contributed by atoms with Gasteiger partial charge in [-0.1, -0.05) is 18.2 Å². The zero-order chi connectivity index (χ0) is 33.8. The quantitative estimate of drug-likeness (QED) is 0.130. The van der Waals surface area contributed by atoms with E-state index in [0.29, 0.717) is 58.9 Å². The molecule has 5 N–H and O–H groups in total. The number of nitrogens with one attached hydrogen (secondary N) is 2. The Morgan fingerprint density at radius 2 is 1.63 bits per heavy atom. The predicted octanol–water partition coefficient (Wildman–Crippen LogP) is 4.40. The Kier molecular flexibility index (Phi) is 13.9. The number of aliphatic hydroxyl groups is 3. The number of methoxy groups -OCH3 is 2. The molecule has 0 amide bonds. The van der Waals surface area contributed by atoms with E-state index in [-0.39, 0.29) is 23.5 Å². The van der Waals surface area contributed by atoms with Crippen LogP contribution < -0.4 is 20.1 Å². The standard InChI is InChI=1S/C32H43N7O6S/c1-20(40)17-34-32-30(23(4)25(16-33)31(36-32)35-24-10-8-7-9-11-24)38-37-26-14-28(45-6)29(15-27(26)44-5)46(43)13-12-39(18-21(2)41)19-22(3)42/h7-11,14-15,20-22,40-42H,12-13,17-19H2,1-6H3,(H2,34,35,36). The van der Waals surface area contributed by atoms with E-state index in [1.54, 1.807) is 39.8 Å². The molecule has 0 radical (unpaired) electrons. The van der Waals surface area contributed by atoms with Crippen LogP contribution in [0.1, 0.15) is 31.9 Å². The van der Waals surface area contributed by atoms with Gasteiger partial charge < -0.3 is 35.4 Å². The molecule has 0 aliphatic carbocycles. The van der Waals surface area contributed by atoms with Crippen LogP contribution in [0.25, 0.3) is 0 Å². The number of aromatic nitrogens is 1. The smallest absolute Gasteiger partial charge is 0.156 e. The Bertz CT molecular complexity index is 1530. The summed E-state index contributed by atoms with van der Waals surface area (Å²) in [6.45, 7) is 7.91. The molecule has 0 spiro atoms. The fourth-order valence-electron chi connectivity index (χ4n) is 4.61. The van der Waals surface area contributed by atoms with Gasteiger partial charge in [0, 0.05) is 55.3 Å². The maximum Gasteiger partial charge on any atom is 0.156 e. The van der Waals surface area contributed by atoms with Gasteiger partial charge in [-0.15, -0.1) is 10.2 Å². The topological polar surface area (TPSA) is 185 Å². The summed E-state index contributed by atoms with van der Waals surface area (Å²) in [6, 6.07) is 14.7. The van der Waals surface area contributed by atoms with Crippen LogP contribution in [0, 0.1) is 18.3 Å². The third-order valence-electron chi connectivity index (χ3n) is 6.73. The molecule has 248 valence electrons. The van der Waals surface area contributed by atoms with E-state index in [1.165, 1.54) is 14.2 Å². The van der Waals surface area contributed by atoms with Crippen molar-refractivity contribution >= 4 is 39.5 Å². The van der Waals surface area contributed by atoms with Crippen LogP contribution in [0.2, 0.25) is 0 Å². The Morgan fingerprint density at radius 3 is 2.20 bits per heavy atom. The van der Waals surface area contributed by atoms with Crippen molar-refractivity contribution in [2.45, 2.75) is 50.9 Å². The van der Waals surface area contributed by atoms with Crippen molar-refractivity contribution in [3.63, 3.8) is 0 Å².